The highest BCUT2D eigenvalue weighted by atomic mass is 19.1. The third-order valence-corrected chi connectivity index (χ3v) is 2.64. The molecule has 0 aliphatic rings. The van der Waals surface area contributed by atoms with Crippen LogP contribution in [0.5, 0.6) is 0 Å². The van der Waals surface area contributed by atoms with Crippen LogP contribution >= 0.6 is 0 Å². The summed E-state index contributed by atoms with van der Waals surface area (Å²) in [6.07, 6.45) is 0.893. The molecule has 17 heavy (non-hydrogen) atoms. The van der Waals surface area contributed by atoms with Crippen molar-refractivity contribution in [2.45, 2.75) is 32.4 Å². The maximum absolute atomic E-state index is 13.1. The summed E-state index contributed by atoms with van der Waals surface area (Å²) >= 11 is 0. The number of nitrogens with zero attached hydrogens (tertiary/aromatic N) is 2. The van der Waals surface area contributed by atoms with Crippen molar-refractivity contribution < 1.29 is 4.39 Å². The second kappa shape index (κ2) is 5.98. The monoisotopic (exact) mass is 231 g/mol. The maximum Gasteiger partial charge on any atom is 0.140 e. The molecule has 3 nitrogen and oxygen atoms in total. The lowest BCUT2D eigenvalue weighted by molar-refractivity contribution is 0.500. The Morgan fingerprint density at radius 2 is 2.12 bits per heavy atom. The van der Waals surface area contributed by atoms with Gasteiger partial charge >= 0.3 is 0 Å². The van der Waals surface area contributed by atoms with Crippen molar-refractivity contribution >= 4 is 0 Å². The molecule has 0 amide bonds. The van der Waals surface area contributed by atoms with E-state index in [-0.39, 0.29) is 11.6 Å². The molecule has 2 atom stereocenters. The number of benzene rings is 1. The second-order valence-corrected chi connectivity index (χ2v) is 3.89. The topological polar surface area (TPSA) is 59.6 Å². The molecule has 0 heterocycles. The molecular weight excluding hydrogens is 217 g/mol. The fourth-order valence-corrected chi connectivity index (χ4v) is 1.42. The van der Waals surface area contributed by atoms with Gasteiger partial charge in [-0.2, -0.15) is 10.5 Å². The summed E-state index contributed by atoms with van der Waals surface area (Å²) in [4.78, 5) is 0. The standard InChI is InChI=1S/C13H14FN3/c1-3-9(2)17-13(8-16)10-4-5-12(14)11(6-10)7-15/h4-6,9,13,17H,3H2,1-2H3. The van der Waals surface area contributed by atoms with Crippen molar-refractivity contribution in [1.29, 1.82) is 10.5 Å². The van der Waals surface area contributed by atoms with Gasteiger partial charge < -0.3 is 0 Å². The summed E-state index contributed by atoms with van der Waals surface area (Å²) in [6.45, 7) is 3.98. The smallest absolute Gasteiger partial charge is 0.140 e. The van der Waals surface area contributed by atoms with Crippen molar-refractivity contribution in [3.8, 4) is 12.1 Å². The first-order valence-corrected chi connectivity index (χ1v) is 5.47. The van der Waals surface area contributed by atoms with Crippen molar-refractivity contribution in [2.24, 2.45) is 0 Å². The molecule has 0 fully saturated rings. The lowest BCUT2D eigenvalue weighted by atomic mass is 10.0. The highest BCUT2D eigenvalue weighted by Gasteiger charge is 2.14. The molecule has 1 aromatic rings. The Balaban J connectivity index is 2.98. The van der Waals surface area contributed by atoms with E-state index in [1.54, 1.807) is 6.07 Å². The van der Waals surface area contributed by atoms with Gasteiger partial charge in [-0.3, -0.25) is 5.32 Å². The van der Waals surface area contributed by atoms with E-state index in [2.05, 4.69) is 11.4 Å². The van der Waals surface area contributed by atoms with Crippen LogP contribution in [0.15, 0.2) is 18.2 Å². The molecule has 1 N–H and O–H groups in total. The van der Waals surface area contributed by atoms with Crippen LogP contribution in [0.1, 0.15) is 37.4 Å². The summed E-state index contributed by atoms with van der Waals surface area (Å²) in [7, 11) is 0. The van der Waals surface area contributed by atoms with E-state index in [0.717, 1.165) is 6.42 Å². The molecule has 0 radical (unpaired) electrons. The first kappa shape index (κ1) is 13.2. The molecule has 0 aromatic heterocycles. The zero-order valence-corrected chi connectivity index (χ0v) is 9.87. The number of nitrogens with one attached hydrogen (secondary N) is 1. The van der Waals surface area contributed by atoms with Crippen LogP contribution in [0.25, 0.3) is 0 Å². The molecule has 0 saturated carbocycles. The van der Waals surface area contributed by atoms with Gasteiger partial charge in [-0.25, -0.2) is 4.39 Å². The van der Waals surface area contributed by atoms with Crippen LogP contribution < -0.4 is 5.32 Å². The minimum Gasteiger partial charge on any atom is -0.296 e. The van der Waals surface area contributed by atoms with Gasteiger partial charge in [0.15, 0.2) is 0 Å². The predicted molar refractivity (Wildman–Crippen MR) is 62.4 cm³/mol. The molecule has 2 unspecified atom stereocenters. The van der Waals surface area contributed by atoms with E-state index in [0.29, 0.717) is 5.56 Å². The minimum absolute atomic E-state index is 0.0336. The van der Waals surface area contributed by atoms with E-state index >= 15 is 0 Å². The Morgan fingerprint density at radius 1 is 1.41 bits per heavy atom. The van der Waals surface area contributed by atoms with E-state index in [1.807, 2.05) is 13.8 Å². The van der Waals surface area contributed by atoms with Gasteiger partial charge in [0.2, 0.25) is 0 Å². The van der Waals surface area contributed by atoms with Gasteiger partial charge in [0, 0.05) is 6.04 Å². The summed E-state index contributed by atoms with van der Waals surface area (Å²) in [5.41, 5.74) is 0.583. The Hall–Kier alpha value is -1.91. The molecule has 0 bridgehead atoms. The van der Waals surface area contributed by atoms with Gasteiger partial charge in [-0.1, -0.05) is 13.0 Å². The Morgan fingerprint density at radius 3 is 2.65 bits per heavy atom. The van der Waals surface area contributed by atoms with Crippen LogP contribution in [0.2, 0.25) is 0 Å². The average Bonchev–Trinajstić information content (AvgIpc) is 2.36. The molecule has 1 rings (SSSR count). The maximum atomic E-state index is 13.1. The highest BCUT2D eigenvalue weighted by Crippen LogP contribution is 2.17. The molecule has 88 valence electrons. The van der Waals surface area contributed by atoms with Gasteiger partial charge in [0.25, 0.3) is 0 Å². The van der Waals surface area contributed by atoms with Gasteiger partial charge in [0.05, 0.1) is 11.6 Å². The minimum atomic E-state index is -0.559. The van der Waals surface area contributed by atoms with Crippen LogP contribution in [0, 0.1) is 28.5 Å². The van der Waals surface area contributed by atoms with E-state index in [4.69, 9.17) is 10.5 Å². The fraction of sp³-hybridized carbons (Fsp3) is 0.385. The Kier molecular flexibility index (Phi) is 4.63. The average molecular weight is 231 g/mol. The van der Waals surface area contributed by atoms with Crippen LogP contribution in [0.3, 0.4) is 0 Å². The normalized spacial score (nSPS) is 13.5. The zero-order chi connectivity index (χ0) is 12.8. The number of hydrogen-bond acceptors (Lipinski definition) is 3. The number of hydrogen-bond donors (Lipinski definition) is 1. The van der Waals surface area contributed by atoms with Crippen molar-refractivity contribution in [3.05, 3.63) is 35.1 Å². The largest absolute Gasteiger partial charge is 0.296 e. The zero-order valence-electron chi connectivity index (χ0n) is 9.87. The summed E-state index contributed by atoms with van der Waals surface area (Å²) < 4.78 is 13.1. The predicted octanol–water partition coefficient (Wildman–Crippen LogP) is 2.65. The molecule has 4 heteroatoms. The van der Waals surface area contributed by atoms with Crippen molar-refractivity contribution in [3.63, 3.8) is 0 Å². The van der Waals surface area contributed by atoms with Crippen molar-refractivity contribution in [1.82, 2.24) is 5.32 Å². The Bertz CT molecular complexity index is 471. The molecule has 0 aliphatic heterocycles. The third kappa shape index (κ3) is 3.27. The lowest BCUT2D eigenvalue weighted by Crippen LogP contribution is -2.29. The lowest BCUT2D eigenvalue weighted by Gasteiger charge is -2.17. The second-order valence-electron chi connectivity index (χ2n) is 3.89. The van der Waals surface area contributed by atoms with E-state index < -0.39 is 11.9 Å². The molecule has 0 aliphatic carbocycles. The first-order valence-electron chi connectivity index (χ1n) is 5.47. The van der Waals surface area contributed by atoms with Crippen LogP contribution in [0.4, 0.5) is 4.39 Å². The Labute approximate surface area is 100 Å². The number of nitriles is 2. The number of halogens is 1. The van der Waals surface area contributed by atoms with E-state index in [9.17, 15) is 4.39 Å². The molecule has 0 saturated heterocycles. The summed E-state index contributed by atoms with van der Waals surface area (Å²) in [6, 6.07) is 7.72. The van der Waals surface area contributed by atoms with Crippen LogP contribution in [-0.4, -0.2) is 6.04 Å². The highest BCUT2D eigenvalue weighted by molar-refractivity contribution is 5.37. The quantitative estimate of drug-likeness (QED) is 0.866. The first-order chi connectivity index (χ1) is 8.12. The number of rotatable bonds is 4. The summed E-state index contributed by atoms with van der Waals surface area (Å²) in [5.74, 6) is -0.559. The third-order valence-electron chi connectivity index (χ3n) is 2.64. The van der Waals surface area contributed by atoms with E-state index in [1.165, 1.54) is 18.2 Å². The fourth-order valence-electron chi connectivity index (χ4n) is 1.42. The SMILES string of the molecule is CCC(C)NC(C#N)c1ccc(F)c(C#N)c1. The van der Waals surface area contributed by atoms with Gasteiger partial charge in [-0.15, -0.1) is 0 Å². The summed E-state index contributed by atoms with van der Waals surface area (Å²) in [5, 5.41) is 20.9. The van der Waals surface area contributed by atoms with Crippen molar-refractivity contribution in [2.75, 3.05) is 0 Å². The molecule has 1 aromatic carbocycles. The molecular formula is C13H14FN3. The molecule has 0 spiro atoms. The van der Waals surface area contributed by atoms with Gasteiger partial charge in [0.1, 0.15) is 17.9 Å². The van der Waals surface area contributed by atoms with Gasteiger partial charge in [-0.05, 0) is 31.0 Å². The van der Waals surface area contributed by atoms with Crippen LogP contribution in [-0.2, 0) is 0 Å².